The second-order valence-electron chi connectivity index (χ2n) is 17.3. The quantitative estimate of drug-likeness (QED) is 0.128. The molecule has 2 heteroatoms. The summed E-state index contributed by atoms with van der Waals surface area (Å²) in [4.78, 5) is 0. The molecule has 0 bridgehead atoms. The largest absolute Gasteiger partial charge is 0.192 e. The van der Waals surface area contributed by atoms with Gasteiger partial charge < -0.3 is 0 Å². The average Bonchev–Trinajstić information content (AvgIpc) is 3.76. The number of nitrogens with zero attached hydrogens (tertiary/aromatic N) is 1. The molecule has 1 aromatic heterocycles. The van der Waals surface area contributed by atoms with Crippen molar-refractivity contribution in [2.75, 3.05) is 0 Å². The van der Waals surface area contributed by atoms with Crippen molar-refractivity contribution in [3.8, 4) is 39.4 Å². The number of fused-ring (bicyclic) bond motifs is 17. The van der Waals surface area contributed by atoms with Crippen LogP contribution in [0.25, 0.3) is 140 Å². The Morgan fingerprint density at radius 3 is 1.34 bits per heavy atom. The molecule has 1 heterocycles. The Morgan fingerprint density at radius 2 is 0.723 bits per heavy atom. The van der Waals surface area contributed by atoms with Gasteiger partial charge in [-0.3, -0.25) is 0 Å². The van der Waals surface area contributed by atoms with E-state index in [4.69, 9.17) is 0 Å². The zero-order valence-corrected chi connectivity index (χ0v) is 35.9. The lowest BCUT2D eigenvalue weighted by Crippen LogP contribution is -1.92. The summed E-state index contributed by atoms with van der Waals surface area (Å²) < 4.78 is 2.68. The predicted molar refractivity (Wildman–Crippen MR) is 280 cm³/mol. The molecular weight excluding hydrogens is 803 g/mol. The van der Waals surface area contributed by atoms with Crippen molar-refractivity contribution < 1.29 is 0 Å². The molecule has 13 aromatic carbocycles. The van der Waals surface area contributed by atoms with Crippen molar-refractivity contribution >= 4 is 118 Å². The number of nitriles is 1. The molecular formula is C63H35NS. The van der Waals surface area contributed by atoms with Gasteiger partial charge in [0, 0.05) is 30.9 Å². The van der Waals surface area contributed by atoms with Crippen LogP contribution in [0.15, 0.2) is 212 Å². The van der Waals surface area contributed by atoms with Crippen LogP contribution in [0, 0.1) is 11.3 Å². The number of hydrogen-bond donors (Lipinski definition) is 0. The Hall–Kier alpha value is -8.35. The van der Waals surface area contributed by atoms with Gasteiger partial charge in [0.2, 0.25) is 0 Å². The third-order valence-electron chi connectivity index (χ3n) is 14.1. The molecule has 0 aliphatic rings. The van der Waals surface area contributed by atoms with Crippen LogP contribution in [0.4, 0.5) is 0 Å². The molecule has 0 amide bonds. The second-order valence-corrected chi connectivity index (χ2v) is 18.4. The molecule has 1 nitrogen and oxygen atoms in total. The van der Waals surface area contributed by atoms with Crippen LogP contribution < -0.4 is 0 Å². The van der Waals surface area contributed by atoms with E-state index in [1.165, 1.54) is 118 Å². The van der Waals surface area contributed by atoms with Crippen molar-refractivity contribution in [3.63, 3.8) is 0 Å². The molecule has 0 radical (unpaired) electrons. The molecule has 14 aromatic rings. The van der Waals surface area contributed by atoms with Gasteiger partial charge in [0.15, 0.2) is 0 Å². The van der Waals surface area contributed by atoms with Crippen molar-refractivity contribution in [1.82, 2.24) is 0 Å². The molecule has 0 saturated heterocycles. The van der Waals surface area contributed by atoms with Gasteiger partial charge in [-0.15, -0.1) is 11.3 Å². The Balaban J connectivity index is 0.983. The van der Waals surface area contributed by atoms with Crippen molar-refractivity contribution in [2.24, 2.45) is 0 Å². The average molecular weight is 838 g/mol. The molecule has 0 aliphatic carbocycles. The topological polar surface area (TPSA) is 23.8 Å². The van der Waals surface area contributed by atoms with Gasteiger partial charge in [-0.05, 0) is 133 Å². The molecule has 0 atom stereocenters. The molecule has 0 saturated carbocycles. The standard InChI is InChI=1S/C63H35NS/c64-36-40-30-31-42(43-14-2-1-13-41(40)43)37-25-27-38(28-26-37)60-50-20-8-10-22-52(50)61(53-23-11-9-21-51(53)60)39-29-32-48-55(33-39)46-17-3-4-18-47(46)56-34-58-59(35-57(48)56)65-63-54-24-12-6-16-45(54)44-15-5-7-19-49(44)62(58)63/h1-35H. The number of rotatable bonds is 3. The Labute approximate surface area is 378 Å². The first kappa shape index (κ1) is 36.2. The SMILES string of the molecule is N#Cc1ccc(-c2ccc(-c3c4ccccc4c(-c4ccc5c(c4)c4ccccc4c4cc6c(cc54)sc4c5ccccc5c5ccccc5c64)c4ccccc34)cc2)c2ccccc12. The van der Waals surface area contributed by atoms with Crippen molar-refractivity contribution in [1.29, 1.82) is 5.26 Å². The maximum atomic E-state index is 9.80. The van der Waals surface area contributed by atoms with E-state index in [0.717, 1.165) is 21.9 Å². The Kier molecular flexibility index (Phi) is 7.69. The fraction of sp³-hybridized carbons (Fsp3) is 0. The van der Waals surface area contributed by atoms with Crippen LogP contribution >= 0.6 is 11.3 Å². The van der Waals surface area contributed by atoms with E-state index in [1.807, 2.05) is 35.6 Å². The summed E-state index contributed by atoms with van der Waals surface area (Å²) in [5.41, 5.74) is 7.84. The van der Waals surface area contributed by atoms with E-state index in [9.17, 15) is 5.26 Å². The molecule has 0 spiro atoms. The van der Waals surface area contributed by atoms with Crippen LogP contribution in [0.5, 0.6) is 0 Å². The molecule has 14 rings (SSSR count). The van der Waals surface area contributed by atoms with E-state index >= 15 is 0 Å². The molecule has 0 N–H and O–H groups in total. The highest BCUT2D eigenvalue weighted by Crippen LogP contribution is 2.49. The zero-order chi connectivity index (χ0) is 42.8. The van der Waals surface area contributed by atoms with Crippen LogP contribution in [-0.2, 0) is 0 Å². The van der Waals surface area contributed by atoms with Crippen molar-refractivity contribution in [3.05, 3.63) is 218 Å². The van der Waals surface area contributed by atoms with Crippen LogP contribution in [0.3, 0.4) is 0 Å². The maximum absolute atomic E-state index is 9.80. The Morgan fingerprint density at radius 1 is 0.292 bits per heavy atom. The van der Waals surface area contributed by atoms with Gasteiger partial charge in [0.25, 0.3) is 0 Å². The van der Waals surface area contributed by atoms with Gasteiger partial charge >= 0.3 is 0 Å². The third kappa shape index (κ3) is 5.19. The summed E-state index contributed by atoms with van der Waals surface area (Å²) in [7, 11) is 0. The number of hydrogen-bond acceptors (Lipinski definition) is 2. The summed E-state index contributed by atoms with van der Waals surface area (Å²) in [5, 5.41) is 32.4. The second kappa shape index (κ2) is 13.8. The van der Waals surface area contributed by atoms with E-state index in [2.05, 4.69) is 194 Å². The van der Waals surface area contributed by atoms with E-state index in [-0.39, 0.29) is 0 Å². The smallest absolute Gasteiger partial charge is 0.0998 e. The van der Waals surface area contributed by atoms with Crippen LogP contribution in [0.1, 0.15) is 5.56 Å². The molecule has 65 heavy (non-hydrogen) atoms. The van der Waals surface area contributed by atoms with Crippen LogP contribution in [0.2, 0.25) is 0 Å². The van der Waals surface area contributed by atoms with Gasteiger partial charge in [-0.1, -0.05) is 188 Å². The molecule has 0 unspecified atom stereocenters. The van der Waals surface area contributed by atoms with E-state index < -0.39 is 0 Å². The first-order chi connectivity index (χ1) is 32.2. The summed E-state index contributed by atoms with van der Waals surface area (Å²) in [6.07, 6.45) is 0. The summed E-state index contributed by atoms with van der Waals surface area (Å²) in [6, 6.07) is 80.4. The lowest BCUT2D eigenvalue weighted by atomic mass is 9.84. The molecule has 298 valence electrons. The van der Waals surface area contributed by atoms with E-state index in [0.29, 0.717) is 5.56 Å². The monoisotopic (exact) mass is 837 g/mol. The Bertz CT molecular complexity index is 4360. The zero-order valence-electron chi connectivity index (χ0n) is 35.1. The molecule has 0 aliphatic heterocycles. The molecule has 0 fully saturated rings. The minimum atomic E-state index is 0.698. The minimum absolute atomic E-state index is 0.698. The van der Waals surface area contributed by atoms with Gasteiger partial charge in [-0.25, -0.2) is 0 Å². The van der Waals surface area contributed by atoms with Gasteiger partial charge in [-0.2, -0.15) is 5.26 Å². The third-order valence-corrected chi connectivity index (χ3v) is 15.2. The highest BCUT2D eigenvalue weighted by Gasteiger charge is 2.20. The maximum Gasteiger partial charge on any atom is 0.0998 e. The van der Waals surface area contributed by atoms with Gasteiger partial charge in [0.05, 0.1) is 11.6 Å². The lowest BCUT2D eigenvalue weighted by Gasteiger charge is -2.19. The highest BCUT2D eigenvalue weighted by atomic mass is 32.1. The summed E-state index contributed by atoms with van der Waals surface area (Å²) in [6.45, 7) is 0. The van der Waals surface area contributed by atoms with Crippen molar-refractivity contribution in [2.45, 2.75) is 0 Å². The van der Waals surface area contributed by atoms with E-state index in [1.54, 1.807) is 0 Å². The normalized spacial score (nSPS) is 12.0. The summed E-state index contributed by atoms with van der Waals surface area (Å²) in [5.74, 6) is 0. The number of thiophene rings is 1. The number of benzene rings is 13. The minimum Gasteiger partial charge on any atom is -0.192 e. The fourth-order valence-corrected chi connectivity index (χ4v) is 12.5. The van der Waals surface area contributed by atoms with Gasteiger partial charge in [0.1, 0.15) is 0 Å². The first-order valence-electron chi connectivity index (χ1n) is 22.2. The van der Waals surface area contributed by atoms with Crippen LogP contribution in [-0.4, -0.2) is 0 Å². The lowest BCUT2D eigenvalue weighted by molar-refractivity contribution is 1.50. The summed E-state index contributed by atoms with van der Waals surface area (Å²) >= 11 is 1.93. The fourth-order valence-electron chi connectivity index (χ4n) is 11.2. The highest BCUT2D eigenvalue weighted by molar-refractivity contribution is 7.27. The predicted octanol–water partition coefficient (Wildman–Crippen LogP) is 18.2. The first-order valence-corrected chi connectivity index (χ1v) is 23.0.